The van der Waals surface area contributed by atoms with Gasteiger partial charge >= 0.3 is 6.09 Å². The van der Waals surface area contributed by atoms with Gasteiger partial charge in [0.15, 0.2) is 17.3 Å². The predicted molar refractivity (Wildman–Crippen MR) is 170 cm³/mol. The molecule has 7 rings (SSSR count). The highest BCUT2D eigenvalue weighted by Gasteiger charge is 2.36. The van der Waals surface area contributed by atoms with E-state index in [4.69, 9.17) is 9.47 Å². The summed E-state index contributed by atoms with van der Waals surface area (Å²) in [4.78, 5) is 43.9. The van der Waals surface area contributed by atoms with Crippen LogP contribution in [0.2, 0.25) is 0 Å². The van der Waals surface area contributed by atoms with Gasteiger partial charge in [0.25, 0.3) is 5.91 Å². The number of carbonyl (C=O) groups excluding carboxylic acids is 2. The van der Waals surface area contributed by atoms with Crippen molar-refractivity contribution < 1.29 is 23.5 Å². The highest BCUT2D eigenvalue weighted by atomic mass is 19.1. The van der Waals surface area contributed by atoms with Gasteiger partial charge in [-0.1, -0.05) is 37.8 Å². The number of piperidine rings is 1. The molecule has 1 aliphatic carbocycles. The van der Waals surface area contributed by atoms with Crippen molar-refractivity contribution in [3.05, 3.63) is 58.1 Å². The zero-order valence-electron chi connectivity index (χ0n) is 26.2. The third-order valence-electron chi connectivity index (χ3n) is 9.86. The maximum atomic E-state index is 16.1. The summed E-state index contributed by atoms with van der Waals surface area (Å²) in [5, 5.41) is 2.99. The Hall–Kier alpha value is -4.08. The van der Waals surface area contributed by atoms with Crippen LogP contribution < -0.4 is 20.4 Å². The van der Waals surface area contributed by atoms with Crippen molar-refractivity contribution in [3.8, 4) is 17.2 Å². The number of benzene rings is 2. The molecule has 9 nitrogen and oxygen atoms in total. The number of rotatable bonds is 4. The van der Waals surface area contributed by atoms with E-state index < -0.39 is 22.9 Å². The minimum Gasteiger partial charge on any atom is -0.451 e. The summed E-state index contributed by atoms with van der Waals surface area (Å²) in [6.07, 6.45) is 8.75. The fourth-order valence-corrected chi connectivity index (χ4v) is 7.73. The third kappa shape index (κ3) is 5.53. The summed E-state index contributed by atoms with van der Waals surface area (Å²) in [5.41, 5.74) is 0.243. The lowest BCUT2D eigenvalue weighted by atomic mass is 9.83. The molecule has 4 heterocycles. The molecule has 3 aliphatic heterocycles. The molecule has 3 aromatic rings. The maximum Gasteiger partial charge on any atom is 0.407 e. The number of fused-ring (bicyclic) bond motifs is 2. The second kappa shape index (κ2) is 11.4. The molecule has 45 heavy (non-hydrogen) atoms. The van der Waals surface area contributed by atoms with Crippen molar-refractivity contribution in [1.82, 2.24) is 14.8 Å². The number of para-hydroxylation sites is 2. The van der Waals surface area contributed by atoms with E-state index in [9.17, 15) is 14.4 Å². The SMILES string of the molecule is CC(C)(C)OC(=O)NC1CCN(c2c(F)cc3c(=O)c(C(=O)N4CCC(C5CCCC5)CC4)cn4c3c2Oc2ccccc2-4)C1. The van der Waals surface area contributed by atoms with Crippen LogP contribution in [0.15, 0.2) is 41.3 Å². The lowest BCUT2D eigenvalue weighted by Crippen LogP contribution is -2.41. The lowest BCUT2D eigenvalue weighted by Gasteiger charge is -2.35. The molecule has 0 bridgehead atoms. The first-order valence-electron chi connectivity index (χ1n) is 16.3. The van der Waals surface area contributed by atoms with Crippen LogP contribution in [0.4, 0.5) is 14.9 Å². The third-order valence-corrected chi connectivity index (χ3v) is 9.86. The first-order valence-corrected chi connectivity index (χ1v) is 16.3. The van der Waals surface area contributed by atoms with Gasteiger partial charge in [-0.15, -0.1) is 0 Å². The number of hydrogen-bond acceptors (Lipinski definition) is 6. The summed E-state index contributed by atoms with van der Waals surface area (Å²) in [6.45, 7) is 7.47. The van der Waals surface area contributed by atoms with Gasteiger partial charge in [0.05, 0.1) is 17.1 Å². The summed E-state index contributed by atoms with van der Waals surface area (Å²) in [5.74, 6) is 1.21. The van der Waals surface area contributed by atoms with E-state index in [2.05, 4.69) is 5.32 Å². The number of likely N-dealkylation sites (tertiary alicyclic amines) is 1. The molecule has 1 unspecified atom stereocenters. The van der Waals surface area contributed by atoms with E-state index in [1.807, 2.05) is 23.1 Å². The molecule has 1 aromatic heterocycles. The molecular weight excluding hydrogens is 575 g/mol. The van der Waals surface area contributed by atoms with Crippen molar-refractivity contribution in [2.45, 2.75) is 77.4 Å². The monoisotopic (exact) mass is 616 g/mol. The molecule has 1 atom stereocenters. The number of ether oxygens (including phenoxy) is 2. The Labute approximate surface area is 262 Å². The van der Waals surface area contributed by atoms with Crippen LogP contribution in [0, 0.1) is 17.7 Å². The van der Waals surface area contributed by atoms with Gasteiger partial charge in [-0.2, -0.15) is 0 Å². The highest BCUT2D eigenvalue weighted by molar-refractivity contribution is 6.01. The van der Waals surface area contributed by atoms with Gasteiger partial charge < -0.3 is 29.2 Å². The van der Waals surface area contributed by atoms with E-state index in [1.54, 1.807) is 42.5 Å². The first-order chi connectivity index (χ1) is 21.6. The van der Waals surface area contributed by atoms with Gasteiger partial charge in [-0.3, -0.25) is 9.59 Å². The normalized spacial score (nSPS) is 20.3. The van der Waals surface area contributed by atoms with E-state index in [-0.39, 0.29) is 34.3 Å². The number of hydrogen-bond donors (Lipinski definition) is 1. The molecule has 3 fully saturated rings. The fourth-order valence-electron chi connectivity index (χ4n) is 7.73. The standard InChI is InChI=1S/C35H41FN4O5/c1-35(2,3)45-34(43)37-23-14-17-39(19-23)30-26(36)18-24-29-32(30)44-28-11-7-6-10-27(28)40(29)20-25(31(24)41)33(42)38-15-12-22(13-16-38)21-8-4-5-9-21/h6-7,10-11,18,20-23H,4-5,8-9,12-17,19H2,1-3H3,(H,37,43). The Kier molecular flexibility index (Phi) is 7.49. The number of nitrogens with zero attached hydrogens (tertiary/aromatic N) is 3. The quantitative estimate of drug-likeness (QED) is 0.286. The first kappa shape index (κ1) is 29.6. The minimum atomic E-state index is -0.631. The summed E-state index contributed by atoms with van der Waals surface area (Å²) in [6, 6.07) is 8.34. The maximum absolute atomic E-state index is 16.1. The van der Waals surface area contributed by atoms with Crippen LogP contribution in [-0.2, 0) is 4.74 Å². The van der Waals surface area contributed by atoms with Crippen LogP contribution in [0.3, 0.4) is 0 Å². The van der Waals surface area contributed by atoms with Gasteiger partial charge in [0.2, 0.25) is 5.43 Å². The number of anilines is 1. The molecule has 0 spiro atoms. The zero-order valence-corrected chi connectivity index (χ0v) is 26.2. The van der Waals surface area contributed by atoms with Gasteiger partial charge in [-0.25, -0.2) is 9.18 Å². The number of amides is 2. The van der Waals surface area contributed by atoms with Crippen LogP contribution >= 0.6 is 0 Å². The van der Waals surface area contributed by atoms with Gasteiger partial charge in [0.1, 0.15) is 22.4 Å². The van der Waals surface area contributed by atoms with Crippen molar-refractivity contribution >= 4 is 28.6 Å². The summed E-state index contributed by atoms with van der Waals surface area (Å²) in [7, 11) is 0. The molecule has 238 valence electrons. The number of halogens is 1. The van der Waals surface area contributed by atoms with Crippen molar-refractivity contribution in [2.75, 3.05) is 31.1 Å². The van der Waals surface area contributed by atoms with Crippen molar-refractivity contribution in [2.24, 2.45) is 11.8 Å². The summed E-state index contributed by atoms with van der Waals surface area (Å²) >= 11 is 0. The number of nitrogens with one attached hydrogen (secondary N) is 1. The van der Waals surface area contributed by atoms with E-state index in [0.717, 1.165) is 18.8 Å². The smallest absolute Gasteiger partial charge is 0.407 e. The van der Waals surface area contributed by atoms with Crippen molar-refractivity contribution in [3.63, 3.8) is 0 Å². The number of pyridine rings is 1. The van der Waals surface area contributed by atoms with Crippen LogP contribution in [0.1, 0.15) is 76.1 Å². The molecule has 2 amide bonds. The van der Waals surface area contributed by atoms with Gasteiger partial charge in [-0.05, 0) is 70.1 Å². The second-order valence-electron chi connectivity index (χ2n) is 14.0. The van der Waals surface area contributed by atoms with Crippen LogP contribution in [-0.4, -0.2) is 59.3 Å². The van der Waals surface area contributed by atoms with E-state index in [1.165, 1.54) is 31.7 Å². The Morgan fingerprint density at radius 1 is 1.00 bits per heavy atom. The molecular formula is C35H41FN4O5. The molecule has 10 heteroatoms. The highest BCUT2D eigenvalue weighted by Crippen LogP contribution is 2.47. The second-order valence-corrected chi connectivity index (χ2v) is 14.0. The average molecular weight is 617 g/mol. The van der Waals surface area contributed by atoms with Crippen LogP contribution in [0.25, 0.3) is 16.6 Å². The largest absolute Gasteiger partial charge is 0.451 e. The molecule has 2 saturated heterocycles. The van der Waals surface area contributed by atoms with Crippen LogP contribution in [0.5, 0.6) is 11.5 Å². The molecule has 0 radical (unpaired) electrons. The Balaban J connectivity index is 1.23. The van der Waals surface area contributed by atoms with E-state index >= 15 is 4.39 Å². The molecule has 1 N–H and O–H groups in total. The zero-order chi connectivity index (χ0) is 31.5. The van der Waals surface area contributed by atoms with Crippen molar-refractivity contribution in [1.29, 1.82) is 0 Å². The Morgan fingerprint density at radius 2 is 1.71 bits per heavy atom. The number of aromatic nitrogens is 1. The fraction of sp³-hybridized carbons (Fsp3) is 0.514. The predicted octanol–water partition coefficient (Wildman–Crippen LogP) is 6.38. The molecule has 4 aliphatic rings. The minimum absolute atomic E-state index is 0.0411. The Bertz CT molecular complexity index is 1720. The molecule has 2 aromatic carbocycles. The van der Waals surface area contributed by atoms with E-state index in [0.29, 0.717) is 55.5 Å². The number of carbonyl (C=O) groups is 2. The topological polar surface area (TPSA) is 93.1 Å². The number of alkyl carbamates (subject to hydrolysis) is 1. The molecule has 1 saturated carbocycles. The lowest BCUT2D eigenvalue weighted by molar-refractivity contribution is 0.0508. The average Bonchev–Trinajstić information content (AvgIpc) is 3.70. The van der Waals surface area contributed by atoms with Gasteiger partial charge in [0, 0.05) is 32.4 Å². The summed E-state index contributed by atoms with van der Waals surface area (Å²) < 4.78 is 29.7. The Morgan fingerprint density at radius 3 is 2.44 bits per heavy atom.